The normalized spacial score (nSPS) is 15.0. The lowest BCUT2D eigenvalue weighted by molar-refractivity contribution is 0.0927. The first-order valence-corrected chi connectivity index (χ1v) is 7.41. The fourth-order valence-corrected chi connectivity index (χ4v) is 2.62. The second-order valence-electron chi connectivity index (χ2n) is 4.46. The van der Waals surface area contributed by atoms with Crippen molar-refractivity contribution in [2.24, 2.45) is 0 Å². The van der Waals surface area contributed by atoms with Gasteiger partial charge < -0.3 is 21.1 Å². The summed E-state index contributed by atoms with van der Waals surface area (Å²) in [5.74, 6) is 0.108. The average Bonchev–Trinajstić information content (AvgIpc) is 2.71. The molecule has 1 fully saturated rings. The Morgan fingerprint density at radius 3 is 3.00 bits per heavy atom. The second kappa shape index (κ2) is 6.72. The molecule has 106 valence electrons. The highest BCUT2D eigenvalue weighted by molar-refractivity contribution is 7.18. The molecule has 1 amide bonds. The summed E-state index contributed by atoms with van der Waals surface area (Å²) in [6.45, 7) is 3.55. The predicted molar refractivity (Wildman–Crippen MR) is 76.6 cm³/mol. The number of carbonyl (C=O) groups is 1. The van der Waals surface area contributed by atoms with Crippen molar-refractivity contribution >= 4 is 28.2 Å². The molecule has 19 heavy (non-hydrogen) atoms. The summed E-state index contributed by atoms with van der Waals surface area (Å²) in [5, 5.41) is 6.79. The number of aromatic nitrogens is 1. The van der Waals surface area contributed by atoms with Crippen LogP contribution in [0, 0.1) is 0 Å². The summed E-state index contributed by atoms with van der Waals surface area (Å²) in [4.78, 5) is 16.6. The lowest BCUT2D eigenvalue weighted by Gasteiger charge is -2.25. The number of amides is 1. The van der Waals surface area contributed by atoms with Crippen molar-refractivity contribution in [1.82, 2.24) is 10.3 Å². The van der Waals surface area contributed by atoms with Gasteiger partial charge in [-0.05, 0) is 26.2 Å². The number of ether oxygens (including phenoxy) is 1. The van der Waals surface area contributed by atoms with Crippen molar-refractivity contribution in [3.05, 3.63) is 4.88 Å². The second-order valence-corrected chi connectivity index (χ2v) is 5.46. The van der Waals surface area contributed by atoms with E-state index in [1.165, 1.54) is 17.8 Å². The van der Waals surface area contributed by atoms with E-state index in [1.54, 1.807) is 0 Å². The lowest BCUT2D eigenvalue weighted by Crippen LogP contribution is -2.27. The van der Waals surface area contributed by atoms with E-state index in [-0.39, 0.29) is 5.91 Å². The largest absolute Gasteiger partial charge is 0.382 e. The number of nitrogen functional groups attached to an aromatic ring is 1. The molecule has 7 heteroatoms. The molecule has 1 aromatic heterocycles. The summed E-state index contributed by atoms with van der Waals surface area (Å²) in [7, 11) is 0. The first-order valence-electron chi connectivity index (χ1n) is 6.59. The van der Waals surface area contributed by atoms with E-state index < -0.39 is 0 Å². The highest BCUT2D eigenvalue weighted by Crippen LogP contribution is 2.29. The molecule has 0 unspecified atom stereocenters. The van der Waals surface area contributed by atoms with Crippen LogP contribution in [0.25, 0.3) is 0 Å². The Balaban J connectivity index is 1.85. The van der Waals surface area contributed by atoms with Gasteiger partial charge in [0.1, 0.15) is 10.7 Å². The maximum absolute atomic E-state index is 11.9. The van der Waals surface area contributed by atoms with Crippen LogP contribution in [0.2, 0.25) is 0 Å². The predicted octanol–water partition coefficient (Wildman–Crippen LogP) is 1.46. The molecule has 0 bridgehead atoms. The van der Waals surface area contributed by atoms with Crippen LogP contribution >= 0.6 is 11.3 Å². The van der Waals surface area contributed by atoms with E-state index in [0.29, 0.717) is 36.5 Å². The van der Waals surface area contributed by atoms with Crippen molar-refractivity contribution in [3.8, 4) is 0 Å². The summed E-state index contributed by atoms with van der Waals surface area (Å²) < 4.78 is 5.16. The molecule has 0 radical (unpaired) electrons. The zero-order valence-electron chi connectivity index (χ0n) is 11.1. The van der Waals surface area contributed by atoms with E-state index in [0.717, 1.165) is 18.0 Å². The van der Waals surface area contributed by atoms with Gasteiger partial charge in [0, 0.05) is 19.2 Å². The molecule has 4 N–H and O–H groups in total. The summed E-state index contributed by atoms with van der Waals surface area (Å²) in [6, 6.07) is 0.486. The van der Waals surface area contributed by atoms with E-state index in [9.17, 15) is 4.79 Å². The number of carbonyl (C=O) groups excluding carboxylic acids is 1. The van der Waals surface area contributed by atoms with Gasteiger partial charge in [-0.3, -0.25) is 4.79 Å². The minimum absolute atomic E-state index is 0.184. The zero-order chi connectivity index (χ0) is 13.7. The summed E-state index contributed by atoms with van der Waals surface area (Å²) >= 11 is 1.31. The number of hydrogen-bond donors (Lipinski definition) is 3. The highest BCUT2D eigenvalue weighted by Gasteiger charge is 2.21. The number of nitrogens with two attached hydrogens (primary N) is 1. The third-order valence-corrected chi connectivity index (χ3v) is 4.03. The Morgan fingerprint density at radius 1 is 1.58 bits per heavy atom. The average molecular weight is 284 g/mol. The number of hydrogen-bond acceptors (Lipinski definition) is 6. The van der Waals surface area contributed by atoms with Crippen molar-refractivity contribution in [1.29, 1.82) is 0 Å². The SMILES string of the molecule is CCOCCNC(=O)c1sc(NC2CCC2)nc1N. The lowest BCUT2D eigenvalue weighted by atomic mass is 9.93. The minimum atomic E-state index is -0.184. The van der Waals surface area contributed by atoms with Gasteiger partial charge in [-0.25, -0.2) is 4.98 Å². The smallest absolute Gasteiger partial charge is 0.265 e. The Hall–Kier alpha value is -1.34. The third-order valence-electron chi connectivity index (χ3n) is 3.03. The molecule has 1 heterocycles. The molecule has 0 spiro atoms. The maximum atomic E-state index is 11.9. The quantitative estimate of drug-likeness (QED) is 0.660. The standard InChI is InChI=1S/C12H20N4O2S/c1-2-18-7-6-14-11(17)9-10(13)16-12(19-9)15-8-4-3-5-8/h8H,2-7,13H2,1H3,(H,14,17)(H,15,16). The number of thiazole rings is 1. The molecular formula is C12H20N4O2S. The first-order chi connectivity index (χ1) is 9.20. The molecule has 6 nitrogen and oxygen atoms in total. The molecule has 0 aliphatic heterocycles. The number of nitrogens with one attached hydrogen (secondary N) is 2. The van der Waals surface area contributed by atoms with Gasteiger partial charge in [0.15, 0.2) is 5.13 Å². The fraction of sp³-hybridized carbons (Fsp3) is 0.667. The van der Waals surface area contributed by atoms with Crippen LogP contribution < -0.4 is 16.4 Å². The van der Waals surface area contributed by atoms with E-state index >= 15 is 0 Å². The topological polar surface area (TPSA) is 89.3 Å². The Morgan fingerprint density at radius 2 is 2.37 bits per heavy atom. The Bertz CT molecular complexity index is 431. The van der Waals surface area contributed by atoms with Crippen LogP contribution in [0.15, 0.2) is 0 Å². The van der Waals surface area contributed by atoms with E-state index in [2.05, 4.69) is 15.6 Å². The van der Waals surface area contributed by atoms with Gasteiger partial charge in [-0.15, -0.1) is 0 Å². The zero-order valence-corrected chi connectivity index (χ0v) is 11.9. The summed E-state index contributed by atoms with van der Waals surface area (Å²) in [5.41, 5.74) is 5.78. The van der Waals surface area contributed by atoms with Crippen LogP contribution in [0.1, 0.15) is 35.9 Å². The van der Waals surface area contributed by atoms with E-state index in [4.69, 9.17) is 10.5 Å². The van der Waals surface area contributed by atoms with Gasteiger partial charge in [-0.1, -0.05) is 11.3 Å². The van der Waals surface area contributed by atoms with Crippen molar-refractivity contribution in [2.75, 3.05) is 30.8 Å². The monoisotopic (exact) mass is 284 g/mol. The van der Waals surface area contributed by atoms with Crippen LogP contribution in [-0.2, 0) is 4.74 Å². The van der Waals surface area contributed by atoms with Crippen LogP contribution in [0.4, 0.5) is 10.9 Å². The van der Waals surface area contributed by atoms with Crippen LogP contribution in [0.3, 0.4) is 0 Å². The maximum Gasteiger partial charge on any atom is 0.265 e. The van der Waals surface area contributed by atoms with Crippen LogP contribution in [0.5, 0.6) is 0 Å². The minimum Gasteiger partial charge on any atom is -0.382 e. The molecule has 1 aliphatic carbocycles. The molecule has 1 aliphatic rings. The van der Waals surface area contributed by atoms with E-state index in [1.807, 2.05) is 6.92 Å². The number of nitrogens with zero attached hydrogens (tertiary/aromatic N) is 1. The first kappa shape index (κ1) is 14.1. The molecule has 0 saturated heterocycles. The Kier molecular flexibility index (Phi) is 4.98. The molecular weight excluding hydrogens is 264 g/mol. The molecule has 0 aromatic carbocycles. The van der Waals surface area contributed by atoms with Crippen molar-refractivity contribution in [3.63, 3.8) is 0 Å². The van der Waals surface area contributed by atoms with Crippen molar-refractivity contribution < 1.29 is 9.53 Å². The van der Waals surface area contributed by atoms with Crippen molar-refractivity contribution in [2.45, 2.75) is 32.2 Å². The molecule has 2 rings (SSSR count). The van der Waals surface area contributed by atoms with Gasteiger partial charge in [0.25, 0.3) is 5.91 Å². The van der Waals surface area contributed by atoms with Gasteiger partial charge in [-0.2, -0.15) is 0 Å². The molecule has 1 aromatic rings. The fourth-order valence-electron chi connectivity index (χ4n) is 1.74. The molecule has 0 atom stereocenters. The van der Waals surface area contributed by atoms with Gasteiger partial charge in [0.2, 0.25) is 0 Å². The summed E-state index contributed by atoms with van der Waals surface area (Å²) in [6.07, 6.45) is 3.58. The number of rotatable bonds is 7. The van der Waals surface area contributed by atoms with Gasteiger partial charge >= 0.3 is 0 Å². The number of anilines is 2. The molecule has 1 saturated carbocycles. The highest BCUT2D eigenvalue weighted by atomic mass is 32.1. The third kappa shape index (κ3) is 3.81. The van der Waals surface area contributed by atoms with Gasteiger partial charge in [0.05, 0.1) is 6.61 Å². The van der Waals surface area contributed by atoms with Crippen LogP contribution in [-0.4, -0.2) is 36.7 Å². The Labute approximate surface area is 116 Å².